The van der Waals surface area contributed by atoms with Gasteiger partial charge < -0.3 is 10.0 Å². The second-order valence-electron chi connectivity index (χ2n) is 6.84. The van der Waals surface area contributed by atoms with Crippen LogP contribution in [0.1, 0.15) is 46.7 Å². The van der Waals surface area contributed by atoms with Gasteiger partial charge in [0.1, 0.15) is 0 Å². The van der Waals surface area contributed by atoms with Gasteiger partial charge in [0.15, 0.2) is 5.75 Å². The number of nitrogens with zero attached hydrogens (tertiary/aromatic N) is 1. The van der Waals surface area contributed by atoms with Gasteiger partial charge in [-0.2, -0.15) is 0 Å². The number of carbonyl (C=O) groups excluding carboxylic acids is 1. The summed E-state index contributed by atoms with van der Waals surface area (Å²) >= 11 is 12.0. The van der Waals surface area contributed by atoms with Gasteiger partial charge in [-0.3, -0.25) is 4.79 Å². The van der Waals surface area contributed by atoms with Crippen molar-refractivity contribution in [3.05, 3.63) is 63.1 Å². The zero-order chi connectivity index (χ0) is 17.6. The highest BCUT2D eigenvalue weighted by Gasteiger charge is 2.38. The van der Waals surface area contributed by atoms with E-state index >= 15 is 0 Å². The van der Waals surface area contributed by atoms with Gasteiger partial charge in [0.05, 0.1) is 10.0 Å². The predicted molar refractivity (Wildman–Crippen MR) is 99.7 cm³/mol. The Balaban J connectivity index is 1.66. The van der Waals surface area contributed by atoms with Crippen molar-refractivity contribution < 1.29 is 9.90 Å². The first-order valence-electron chi connectivity index (χ1n) is 8.63. The molecule has 1 amide bonds. The van der Waals surface area contributed by atoms with Crippen LogP contribution in [-0.2, 0) is 6.42 Å². The maximum Gasteiger partial charge on any atom is 0.254 e. The standard InChI is InChI=1S/C20H19Cl2NO2/c21-16-10-13(11-17(22)19(16)24)20(25)23-9-3-6-15-14-5-2-1-4-12(14)7-8-18(15)23/h1-2,4-5,10-11,15,18,24H,3,6-9H2. The first-order chi connectivity index (χ1) is 12.1. The van der Waals surface area contributed by atoms with E-state index in [4.69, 9.17) is 23.2 Å². The molecule has 1 N–H and O–H groups in total. The summed E-state index contributed by atoms with van der Waals surface area (Å²) in [7, 11) is 0. The van der Waals surface area contributed by atoms with Gasteiger partial charge in [0, 0.05) is 24.1 Å². The Labute approximate surface area is 157 Å². The number of amides is 1. The number of benzene rings is 2. The van der Waals surface area contributed by atoms with Crippen molar-refractivity contribution in [1.82, 2.24) is 4.90 Å². The molecule has 4 rings (SSSR count). The Bertz CT molecular complexity index is 813. The molecule has 0 bridgehead atoms. The number of hydrogen-bond acceptors (Lipinski definition) is 2. The first kappa shape index (κ1) is 16.7. The van der Waals surface area contributed by atoms with Crippen molar-refractivity contribution in [1.29, 1.82) is 0 Å². The van der Waals surface area contributed by atoms with E-state index in [2.05, 4.69) is 24.3 Å². The van der Waals surface area contributed by atoms with E-state index in [1.54, 1.807) is 0 Å². The van der Waals surface area contributed by atoms with Crippen molar-refractivity contribution in [2.24, 2.45) is 0 Å². The molecule has 1 saturated heterocycles. The number of likely N-dealkylation sites (tertiary alicyclic amines) is 1. The predicted octanol–water partition coefficient (Wildman–Crippen LogP) is 5.03. The third kappa shape index (κ3) is 2.90. The number of fused-ring (bicyclic) bond motifs is 3. The van der Waals surface area contributed by atoms with E-state index in [1.807, 2.05) is 4.90 Å². The maximum absolute atomic E-state index is 13.1. The molecule has 2 unspecified atom stereocenters. The lowest BCUT2D eigenvalue weighted by Crippen LogP contribution is -2.49. The topological polar surface area (TPSA) is 40.5 Å². The van der Waals surface area contributed by atoms with Crippen LogP contribution < -0.4 is 0 Å². The van der Waals surface area contributed by atoms with Gasteiger partial charge >= 0.3 is 0 Å². The normalized spacial score (nSPS) is 22.2. The zero-order valence-corrected chi connectivity index (χ0v) is 15.2. The average Bonchev–Trinajstić information content (AvgIpc) is 2.64. The fraction of sp³-hybridized carbons (Fsp3) is 0.350. The van der Waals surface area contributed by atoms with Gasteiger partial charge in [-0.1, -0.05) is 47.5 Å². The summed E-state index contributed by atoms with van der Waals surface area (Å²) in [6, 6.07) is 11.8. The van der Waals surface area contributed by atoms with Crippen LogP contribution in [0.25, 0.3) is 0 Å². The molecule has 0 spiro atoms. The monoisotopic (exact) mass is 375 g/mol. The summed E-state index contributed by atoms with van der Waals surface area (Å²) in [6.45, 7) is 0.748. The van der Waals surface area contributed by atoms with Crippen molar-refractivity contribution in [2.75, 3.05) is 6.54 Å². The number of aryl methyl sites for hydroxylation is 1. The summed E-state index contributed by atoms with van der Waals surface area (Å²) in [5.41, 5.74) is 3.24. The highest BCUT2D eigenvalue weighted by molar-refractivity contribution is 6.37. The largest absolute Gasteiger partial charge is 0.505 e. The zero-order valence-electron chi connectivity index (χ0n) is 13.7. The Kier molecular flexibility index (Phi) is 4.38. The number of phenolic OH excluding ortho intramolecular Hbond substituents is 1. The minimum absolute atomic E-state index is 0.0575. The molecule has 0 aromatic heterocycles. The van der Waals surface area contributed by atoms with E-state index in [9.17, 15) is 9.90 Å². The van der Waals surface area contributed by atoms with E-state index in [1.165, 1.54) is 23.3 Å². The molecule has 2 aromatic carbocycles. The Morgan fingerprint density at radius 1 is 1.12 bits per heavy atom. The van der Waals surface area contributed by atoms with Gasteiger partial charge in [-0.05, 0) is 48.9 Å². The van der Waals surface area contributed by atoms with E-state index in [0.29, 0.717) is 11.5 Å². The van der Waals surface area contributed by atoms with Gasteiger partial charge in [-0.15, -0.1) is 0 Å². The molecule has 25 heavy (non-hydrogen) atoms. The minimum atomic E-state index is -0.178. The number of hydrogen-bond donors (Lipinski definition) is 1. The molecule has 3 nitrogen and oxygen atoms in total. The molecule has 1 fully saturated rings. The van der Waals surface area contributed by atoms with Crippen molar-refractivity contribution in [3.63, 3.8) is 0 Å². The van der Waals surface area contributed by atoms with Crippen LogP contribution in [0.15, 0.2) is 36.4 Å². The molecule has 130 valence electrons. The summed E-state index contributed by atoms with van der Waals surface area (Å²) in [6.07, 6.45) is 4.08. The highest BCUT2D eigenvalue weighted by atomic mass is 35.5. The summed E-state index contributed by atoms with van der Waals surface area (Å²) in [5.74, 6) is 0.159. The highest BCUT2D eigenvalue weighted by Crippen LogP contribution is 2.41. The van der Waals surface area contributed by atoms with E-state index in [-0.39, 0.29) is 27.7 Å². The van der Waals surface area contributed by atoms with Crippen LogP contribution in [0.2, 0.25) is 10.0 Å². The van der Waals surface area contributed by atoms with Crippen LogP contribution >= 0.6 is 23.2 Å². The number of aromatic hydroxyl groups is 1. The number of rotatable bonds is 1. The SMILES string of the molecule is O=C(c1cc(Cl)c(O)c(Cl)c1)N1CCCC2c3ccccc3CCC21. The molecule has 1 aliphatic carbocycles. The number of halogens is 2. The van der Waals surface area contributed by atoms with E-state index in [0.717, 1.165) is 32.2 Å². The molecule has 1 aliphatic heterocycles. The number of phenols is 1. The first-order valence-corrected chi connectivity index (χ1v) is 9.38. The summed E-state index contributed by atoms with van der Waals surface area (Å²) < 4.78 is 0. The molecule has 2 aliphatic rings. The van der Waals surface area contributed by atoms with Gasteiger partial charge in [-0.25, -0.2) is 0 Å². The second kappa shape index (κ2) is 6.54. The summed E-state index contributed by atoms with van der Waals surface area (Å²) in [5, 5.41) is 9.95. The van der Waals surface area contributed by atoms with Gasteiger partial charge in [0.25, 0.3) is 5.91 Å². The molecule has 0 saturated carbocycles. The van der Waals surface area contributed by atoms with Crippen molar-refractivity contribution >= 4 is 29.1 Å². The Morgan fingerprint density at radius 3 is 2.60 bits per heavy atom. The quantitative estimate of drug-likeness (QED) is 0.758. The lowest BCUT2D eigenvalue weighted by molar-refractivity contribution is 0.0547. The average molecular weight is 376 g/mol. The van der Waals surface area contributed by atoms with Crippen molar-refractivity contribution in [3.8, 4) is 5.75 Å². The fourth-order valence-electron chi connectivity index (χ4n) is 4.31. The van der Waals surface area contributed by atoms with Crippen LogP contribution in [0.5, 0.6) is 5.75 Å². The summed E-state index contributed by atoms with van der Waals surface area (Å²) in [4.78, 5) is 15.1. The number of carbonyl (C=O) groups is 1. The molecular formula is C20H19Cl2NO2. The Hall–Kier alpha value is -1.71. The Morgan fingerprint density at radius 2 is 1.84 bits per heavy atom. The number of piperidine rings is 1. The molecule has 2 atom stereocenters. The second-order valence-corrected chi connectivity index (χ2v) is 7.66. The molecular weight excluding hydrogens is 357 g/mol. The third-order valence-corrected chi connectivity index (χ3v) is 6.04. The van der Waals surface area contributed by atoms with Crippen molar-refractivity contribution in [2.45, 2.75) is 37.6 Å². The lowest BCUT2D eigenvalue weighted by atomic mass is 9.74. The fourth-order valence-corrected chi connectivity index (χ4v) is 4.80. The molecule has 1 heterocycles. The lowest BCUT2D eigenvalue weighted by Gasteiger charge is -2.45. The van der Waals surface area contributed by atoms with Crippen LogP contribution in [0, 0.1) is 0 Å². The smallest absolute Gasteiger partial charge is 0.254 e. The maximum atomic E-state index is 13.1. The molecule has 0 radical (unpaired) electrons. The third-order valence-electron chi connectivity index (χ3n) is 5.47. The van der Waals surface area contributed by atoms with Crippen LogP contribution in [-0.4, -0.2) is 28.5 Å². The molecule has 2 aromatic rings. The van der Waals surface area contributed by atoms with Crippen LogP contribution in [0.3, 0.4) is 0 Å². The molecule has 5 heteroatoms. The van der Waals surface area contributed by atoms with E-state index < -0.39 is 0 Å². The van der Waals surface area contributed by atoms with Crippen LogP contribution in [0.4, 0.5) is 0 Å². The minimum Gasteiger partial charge on any atom is -0.505 e. The van der Waals surface area contributed by atoms with Gasteiger partial charge in [0.2, 0.25) is 0 Å².